The van der Waals surface area contributed by atoms with Crippen molar-refractivity contribution in [3.8, 4) is 0 Å². The van der Waals surface area contributed by atoms with Gasteiger partial charge in [0.1, 0.15) is 0 Å². The molecule has 0 aliphatic heterocycles. The van der Waals surface area contributed by atoms with Gasteiger partial charge in [-0.15, -0.1) is 0 Å². The van der Waals surface area contributed by atoms with Gasteiger partial charge in [0.05, 0.1) is 6.61 Å². The van der Waals surface area contributed by atoms with Crippen LogP contribution in [0.25, 0.3) is 0 Å². The molecular formula is C24H42O2. The molecule has 0 bridgehead atoms. The van der Waals surface area contributed by atoms with Crippen LogP contribution in [0.5, 0.6) is 0 Å². The maximum Gasteiger partial charge on any atom is 0.333 e. The normalized spacial score (nSPS) is 29.3. The first kappa shape index (κ1) is 21.5. The van der Waals surface area contributed by atoms with Gasteiger partial charge in [-0.25, -0.2) is 4.79 Å². The van der Waals surface area contributed by atoms with E-state index in [-0.39, 0.29) is 5.97 Å². The smallest absolute Gasteiger partial charge is 0.333 e. The van der Waals surface area contributed by atoms with Crippen LogP contribution in [-0.2, 0) is 9.53 Å². The lowest BCUT2D eigenvalue weighted by Gasteiger charge is -2.38. The maximum atomic E-state index is 11.3. The molecule has 26 heavy (non-hydrogen) atoms. The van der Waals surface area contributed by atoms with E-state index in [0.717, 1.165) is 30.1 Å². The second-order valence-corrected chi connectivity index (χ2v) is 9.12. The zero-order valence-electron chi connectivity index (χ0n) is 17.4. The number of ether oxygens (including phenoxy) is 1. The molecule has 2 aliphatic rings. The fraction of sp³-hybridized carbons (Fsp3) is 0.875. The van der Waals surface area contributed by atoms with E-state index in [9.17, 15) is 4.79 Å². The molecule has 0 radical (unpaired) electrons. The van der Waals surface area contributed by atoms with Crippen LogP contribution in [-0.4, -0.2) is 12.6 Å². The van der Waals surface area contributed by atoms with Gasteiger partial charge in [-0.2, -0.15) is 0 Å². The highest BCUT2D eigenvalue weighted by molar-refractivity contribution is 5.86. The Morgan fingerprint density at radius 3 is 1.88 bits per heavy atom. The van der Waals surface area contributed by atoms with Crippen molar-refractivity contribution in [3.63, 3.8) is 0 Å². The molecule has 2 saturated carbocycles. The summed E-state index contributed by atoms with van der Waals surface area (Å²) >= 11 is 0. The minimum Gasteiger partial charge on any atom is -0.462 e. The Balaban J connectivity index is 1.50. The van der Waals surface area contributed by atoms with Crippen molar-refractivity contribution in [1.82, 2.24) is 0 Å². The molecule has 150 valence electrons. The second kappa shape index (κ2) is 11.8. The monoisotopic (exact) mass is 362 g/mol. The standard InChI is InChI=1S/C24H42O2/c1-4-8-20-10-14-22(15-11-20)23-16-12-21(13-17-23)9-6-5-7-18-26-24(25)19(2)3/h20-23H,2,4-18H2,1,3H3. The van der Waals surface area contributed by atoms with Crippen molar-refractivity contribution in [2.24, 2.45) is 23.7 Å². The Hall–Kier alpha value is -0.790. The van der Waals surface area contributed by atoms with Gasteiger partial charge in [0.25, 0.3) is 0 Å². The summed E-state index contributed by atoms with van der Waals surface area (Å²) in [6.45, 7) is 8.20. The van der Waals surface area contributed by atoms with E-state index < -0.39 is 0 Å². The van der Waals surface area contributed by atoms with Gasteiger partial charge in [0, 0.05) is 5.57 Å². The van der Waals surface area contributed by atoms with Crippen molar-refractivity contribution in [2.75, 3.05) is 6.61 Å². The first-order valence-electron chi connectivity index (χ1n) is 11.4. The average molecular weight is 363 g/mol. The predicted molar refractivity (Wildman–Crippen MR) is 110 cm³/mol. The summed E-state index contributed by atoms with van der Waals surface area (Å²) in [5.74, 6) is 3.84. The van der Waals surface area contributed by atoms with E-state index in [2.05, 4.69) is 13.5 Å². The van der Waals surface area contributed by atoms with Gasteiger partial charge >= 0.3 is 5.97 Å². The highest BCUT2D eigenvalue weighted by atomic mass is 16.5. The van der Waals surface area contributed by atoms with Gasteiger partial charge in [0.15, 0.2) is 0 Å². The predicted octanol–water partition coefficient (Wildman–Crippen LogP) is 7.08. The highest BCUT2D eigenvalue weighted by Crippen LogP contribution is 2.43. The van der Waals surface area contributed by atoms with Crippen LogP contribution < -0.4 is 0 Å². The molecule has 0 aromatic heterocycles. The summed E-state index contributed by atoms with van der Waals surface area (Å²) in [5, 5.41) is 0. The third-order valence-electron chi connectivity index (χ3n) is 6.98. The molecule has 0 heterocycles. The summed E-state index contributed by atoms with van der Waals surface area (Å²) in [6.07, 6.45) is 19.6. The zero-order chi connectivity index (χ0) is 18.8. The molecule has 0 aromatic carbocycles. The van der Waals surface area contributed by atoms with Crippen LogP contribution in [0.4, 0.5) is 0 Å². The van der Waals surface area contributed by atoms with E-state index in [0.29, 0.717) is 12.2 Å². The molecule has 0 saturated heterocycles. The molecule has 0 N–H and O–H groups in total. The Bertz CT molecular complexity index is 412. The van der Waals surface area contributed by atoms with Crippen LogP contribution >= 0.6 is 0 Å². The molecule has 0 aromatic rings. The zero-order valence-corrected chi connectivity index (χ0v) is 17.4. The Morgan fingerprint density at radius 2 is 1.38 bits per heavy atom. The summed E-state index contributed by atoms with van der Waals surface area (Å²) in [6, 6.07) is 0. The van der Waals surface area contributed by atoms with Crippen LogP contribution in [0.15, 0.2) is 12.2 Å². The second-order valence-electron chi connectivity index (χ2n) is 9.12. The number of unbranched alkanes of at least 4 members (excludes halogenated alkanes) is 2. The third-order valence-corrected chi connectivity index (χ3v) is 6.98. The van der Waals surface area contributed by atoms with E-state index in [1.165, 1.54) is 83.5 Å². The fourth-order valence-corrected chi connectivity index (χ4v) is 5.30. The summed E-state index contributed by atoms with van der Waals surface area (Å²) < 4.78 is 5.16. The lowest BCUT2D eigenvalue weighted by Crippen LogP contribution is -2.25. The molecule has 2 rings (SSSR count). The first-order valence-corrected chi connectivity index (χ1v) is 11.4. The van der Waals surface area contributed by atoms with Gasteiger partial charge in [-0.05, 0) is 62.7 Å². The van der Waals surface area contributed by atoms with Gasteiger partial charge in [-0.1, -0.05) is 71.3 Å². The van der Waals surface area contributed by atoms with Gasteiger partial charge < -0.3 is 4.74 Å². The largest absolute Gasteiger partial charge is 0.462 e. The van der Waals surface area contributed by atoms with Crippen molar-refractivity contribution >= 4 is 5.97 Å². The third kappa shape index (κ3) is 7.45. The highest BCUT2D eigenvalue weighted by Gasteiger charge is 2.30. The molecule has 2 aliphatic carbocycles. The molecule has 0 amide bonds. The van der Waals surface area contributed by atoms with Crippen LogP contribution in [0.3, 0.4) is 0 Å². The molecule has 2 nitrogen and oxygen atoms in total. The van der Waals surface area contributed by atoms with E-state index in [1.807, 2.05) is 0 Å². The Morgan fingerprint density at radius 1 is 0.846 bits per heavy atom. The van der Waals surface area contributed by atoms with Crippen molar-refractivity contribution < 1.29 is 9.53 Å². The lowest BCUT2D eigenvalue weighted by atomic mass is 9.68. The number of carbonyl (C=O) groups excluding carboxylic acids is 1. The van der Waals surface area contributed by atoms with Crippen molar-refractivity contribution in [3.05, 3.63) is 12.2 Å². The van der Waals surface area contributed by atoms with E-state index >= 15 is 0 Å². The Labute approximate surface area is 162 Å². The summed E-state index contributed by atoms with van der Waals surface area (Å²) in [5.41, 5.74) is 0.501. The van der Waals surface area contributed by atoms with E-state index in [4.69, 9.17) is 4.74 Å². The molecule has 0 atom stereocenters. The summed E-state index contributed by atoms with van der Waals surface area (Å²) in [7, 11) is 0. The van der Waals surface area contributed by atoms with Crippen LogP contribution in [0, 0.1) is 23.7 Å². The van der Waals surface area contributed by atoms with Crippen LogP contribution in [0.1, 0.15) is 104 Å². The minimum absolute atomic E-state index is 0.243. The number of hydrogen-bond donors (Lipinski definition) is 0. The average Bonchev–Trinajstić information content (AvgIpc) is 2.65. The summed E-state index contributed by atoms with van der Waals surface area (Å²) in [4.78, 5) is 11.3. The number of carbonyl (C=O) groups is 1. The van der Waals surface area contributed by atoms with E-state index in [1.54, 1.807) is 6.92 Å². The van der Waals surface area contributed by atoms with Crippen molar-refractivity contribution in [1.29, 1.82) is 0 Å². The minimum atomic E-state index is -0.243. The SMILES string of the molecule is C=C(C)C(=O)OCCCCCC1CCC(C2CCC(CCC)CC2)CC1. The maximum absolute atomic E-state index is 11.3. The molecule has 2 fully saturated rings. The number of rotatable bonds is 10. The molecule has 0 unspecified atom stereocenters. The lowest BCUT2D eigenvalue weighted by molar-refractivity contribution is -0.139. The fourth-order valence-electron chi connectivity index (χ4n) is 5.30. The Kier molecular flexibility index (Phi) is 9.78. The number of esters is 1. The molecule has 2 heteroatoms. The quantitative estimate of drug-likeness (QED) is 0.236. The first-order chi connectivity index (χ1) is 12.6. The van der Waals surface area contributed by atoms with Crippen molar-refractivity contribution in [2.45, 2.75) is 104 Å². The van der Waals surface area contributed by atoms with Crippen LogP contribution in [0.2, 0.25) is 0 Å². The van der Waals surface area contributed by atoms with Gasteiger partial charge in [-0.3, -0.25) is 0 Å². The number of hydrogen-bond acceptors (Lipinski definition) is 2. The topological polar surface area (TPSA) is 26.3 Å². The van der Waals surface area contributed by atoms with Gasteiger partial charge in [0.2, 0.25) is 0 Å². The molecular weight excluding hydrogens is 320 g/mol. The molecule has 0 spiro atoms.